The Balaban J connectivity index is 3.13. The number of halogens is 3. The molecule has 0 aliphatic heterocycles. The Morgan fingerprint density at radius 2 is 2.27 bits per heavy atom. The molecule has 0 bridgehead atoms. The zero-order valence-corrected chi connectivity index (χ0v) is 6.85. The molecule has 2 nitrogen and oxygen atoms in total. The number of aromatic nitrogens is 1. The summed E-state index contributed by atoms with van der Waals surface area (Å²) < 4.78 is 25.0. The van der Waals surface area contributed by atoms with Crippen LogP contribution in [0.1, 0.15) is 11.9 Å². The summed E-state index contributed by atoms with van der Waals surface area (Å²) in [6.45, 7) is 0. The quantitative estimate of drug-likeness (QED) is 0.739. The van der Waals surface area contributed by atoms with Crippen molar-refractivity contribution in [3.63, 3.8) is 0 Å². The Morgan fingerprint density at radius 1 is 1.64 bits per heavy atom. The Bertz CT molecular complexity index is 267. The highest BCUT2D eigenvalue weighted by Gasteiger charge is 2.12. The summed E-state index contributed by atoms with van der Waals surface area (Å²) in [5.74, 6) is -0.997. The average Bonchev–Trinajstić information content (AvgIpc) is 1.94. The summed E-state index contributed by atoms with van der Waals surface area (Å²) in [6.07, 6.45) is -1.14. The van der Waals surface area contributed by atoms with E-state index >= 15 is 0 Å². The van der Waals surface area contributed by atoms with Gasteiger partial charge in [0.05, 0.1) is 5.56 Å². The number of nitrogens with zero attached hydrogens (tertiary/aromatic N) is 1. The summed E-state index contributed by atoms with van der Waals surface area (Å²) in [5.41, 5.74) is -0.459. The van der Waals surface area contributed by atoms with Crippen LogP contribution in [-0.2, 0) is 0 Å². The minimum Gasteiger partial charge on any atom is -0.360 e. The molecule has 1 unspecified atom stereocenters. The van der Waals surface area contributed by atoms with Gasteiger partial charge in [0.1, 0.15) is 0 Å². The zero-order chi connectivity index (χ0) is 8.43. The van der Waals surface area contributed by atoms with Crippen LogP contribution in [0.4, 0.5) is 8.78 Å². The van der Waals surface area contributed by atoms with Crippen LogP contribution in [0.5, 0.6) is 0 Å². The van der Waals surface area contributed by atoms with E-state index in [0.717, 1.165) is 6.07 Å². The first kappa shape index (κ1) is 8.55. The lowest BCUT2D eigenvalue weighted by atomic mass is 10.3. The monoisotopic (exact) mass is 223 g/mol. The Hall–Kier alpha value is -0.550. The lowest BCUT2D eigenvalue weighted by molar-refractivity contribution is 0.0371. The average molecular weight is 224 g/mol. The van der Waals surface area contributed by atoms with Gasteiger partial charge < -0.3 is 5.11 Å². The van der Waals surface area contributed by atoms with E-state index in [1.54, 1.807) is 0 Å². The van der Waals surface area contributed by atoms with E-state index in [1.165, 1.54) is 6.20 Å². The van der Waals surface area contributed by atoms with E-state index in [2.05, 4.69) is 20.9 Å². The molecule has 0 amide bonds. The van der Waals surface area contributed by atoms with Crippen molar-refractivity contribution >= 4 is 15.9 Å². The summed E-state index contributed by atoms with van der Waals surface area (Å²) in [4.78, 5) is 3.19. The van der Waals surface area contributed by atoms with Crippen LogP contribution in [-0.4, -0.2) is 10.1 Å². The van der Waals surface area contributed by atoms with Crippen molar-refractivity contribution in [2.24, 2.45) is 0 Å². The van der Waals surface area contributed by atoms with Crippen molar-refractivity contribution in [2.45, 2.75) is 6.36 Å². The number of hydrogen-bond donors (Lipinski definition) is 1. The summed E-state index contributed by atoms with van der Waals surface area (Å²) >= 11 is 2.96. The fraction of sp³-hybridized carbons (Fsp3) is 0.167. The molecule has 0 fully saturated rings. The molecule has 0 saturated heterocycles. The van der Waals surface area contributed by atoms with Gasteiger partial charge in [0, 0.05) is 10.7 Å². The van der Waals surface area contributed by atoms with Gasteiger partial charge in [-0.1, -0.05) is 0 Å². The predicted octanol–water partition coefficient (Wildman–Crippen LogP) is 1.94. The second-order valence-electron chi connectivity index (χ2n) is 1.87. The number of alkyl halides is 1. The van der Waals surface area contributed by atoms with Gasteiger partial charge in [-0.3, -0.25) is 0 Å². The Labute approximate surface area is 70.0 Å². The third-order valence-corrected chi connectivity index (χ3v) is 1.52. The molecular formula is C6H4BrF2NO. The maximum absolute atomic E-state index is 12.5. The van der Waals surface area contributed by atoms with Crippen molar-refractivity contribution in [3.05, 3.63) is 28.2 Å². The fourth-order valence-corrected chi connectivity index (χ4v) is 0.954. The Kier molecular flexibility index (Phi) is 2.51. The molecule has 0 saturated carbocycles. The first-order valence-corrected chi connectivity index (χ1v) is 3.53. The van der Waals surface area contributed by atoms with Crippen molar-refractivity contribution in [2.75, 3.05) is 0 Å². The largest absolute Gasteiger partial charge is 0.360 e. The highest BCUT2D eigenvalue weighted by Crippen LogP contribution is 2.20. The maximum atomic E-state index is 12.5. The molecule has 0 aliphatic rings. The second kappa shape index (κ2) is 3.23. The van der Waals surface area contributed by atoms with Crippen LogP contribution in [0.3, 0.4) is 0 Å². The van der Waals surface area contributed by atoms with Gasteiger partial charge in [-0.05, 0) is 22.0 Å². The van der Waals surface area contributed by atoms with Gasteiger partial charge in [0.15, 0.2) is 0 Å². The molecule has 1 aromatic heterocycles. The topological polar surface area (TPSA) is 33.1 Å². The van der Waals surface area contributed by atoms with E-state index in [-0.39, 0.29) is 0 Å². The standard InChI is InChI=1S/C6H4BrF2NO/c7-3-1-4(6(9)11)5(8)10-2-3/h1-2,6,11H. The SMILES string of the molecule is OC(F)c1cc(Br)cnc1F. The molecule has 1 heterocycles. The molecule has 1 rings (SSSR count). The van der Waals surface area contributed by atoms with Gasteiger partial charge in [-0.2, -0.15) is 4.39 Å². The van der Waals surface area contributed by atoms with Crippen LogP contribution >= 0.6 is 15.9 Å². The van der Waals surface area contributed by atoms with Gasteiger partial charge in [0.2, 0.25) is 12.3 Å². The van der Waals surface area contributed by atoms with E-state index in [4.69, 9.17) is 5.11 Å². The van der Waals surface area contributed by atoms with Gasteiger partial charge in [0.25, 0.3) is 0 Å². The number of aliphatic hydroxyl groups excluding tert-OH is 1. The molecule has 0 aromatic carbocycles. The molecule has 1 N–H and O–H groups in total. The van der Waals surface area contributed by atoms with Gasteiger partial charge in [-0.25, -0.2) is 9.37 Å². The number of aliphatic hydroxyl groups is 1. The normalized spacial score (nSPS) is 13.1. The van der Waals surface area contributed by atoms with Crippen LogP contribution < -0.4 is 0 Å². The van der Waals surface area contributed by atoms with Crippen molar-refractivity contribution in [1.29, 1.82) is 0 Å². The molecule has 1 aromatic rings. The van der Waals surface area contributed by atoms with Crippen molar-refractivity contribution in [1.82, 2.24) is 4.98 Å². The molecule has 0 aliphatic carbocycles. The third kappa shape index (κ3) is 1.94. The van der Waals surface area contributed by atoms with E-state index in [1.807, 2.05) is 0 Å². The summed E-state index contributed by atoms with van der Waals surface area (Å²) in [5, 5.41) is 8.36. The lowest BCUT2D eigenvalue weighted by Gasteiger charge is -2.01. The summed E-state index contributed by atoms with van der Waals surface area (Å²) in [7, 11) is 0. The minimum absolute atomic E-state index is 0.422. The molecular weight excluding hydrogens is 220 g/mol. The molecule has 0 radical (unpaired) electrons. The number of hydrogen-bond acceptors (Lipinski definition) is 2. The highest BCUT2D eigenvalue weighted by molar-refractivity contribution is 9.10. The zero-order valence-electron chi connectivity index (χ0n) is 5.26. The highest BCUT2D eigenvalue weighted by atomic mass is 79.9. The van der Waals surface area contributed by atoms with Crippen molar-refractivity contribution in [3.8, 4) is 0 Å². The van der Waals surface area contributed by atoms with Crippen LogP contribution in [0.25, 0.3) is 0 Å². The molecule has 0 spiro atoms. The second-order valence-corrected chi connectivity index (χ2v) is 2.79. The third-order valence-electron chi connectivity index (χ3n) is 1.09. The van der Waals surface area contributed by atoms with Crippen LogP contribution in [0.15, 0.2) is 16.7 Å². The fourth-order valence-electron chi connectivity index (χ4n) is 0.605. The number of pyridine rings is 1. The van der Waals surface area contributed by atoms with E-state index < -0.39 is 17.9 Å². The number of rotatable bonds is 1. The molecule has 60 valence electrons. The summed E-state index contributed by atoms with van der Waals surface area (Å²) in [6, 6.07) is 1.13. The molecule has 11 heavy (non-hydrogen) atoms. The first-order valence-electron chi connectivity index (χ1n) is 2.74. The minimum atomic E-state index is -2.32. The maximum Gasteiger partial charge on any atom is 0.227 e. The van der Waals surface area contributed by atoms with Gasteiger partial charge >= 0.3 is 0 Å². The van der Waals surface area contributed by atoms with E-state index in [0.29, 0.717) is 4.47 Å². The first-order chi connectivity index (χ1) is 5.11. The molecule has 1 atom stereocenters. The predicted molar refractivity (Wildman–Crippen MR) is 38.0 cm³/mol. The van der Waals surface area contributed by atoms with Crippen molar-refractivity contribution < 1.29 is 13.9 Å². The van der Waals surface area contributed by atoms with E-state index in [9.17, 15) is 8.78 Å². The van der Waals surface area contributed by atoms with Gasteiger partial charge in [-0.15, -0.1) is 0 Å². The Morgan fingerprint density at radius 3 is 2.73 bits per heavy atom. The molecule has 5 heteroatoms. The smallest absolute Gasteiger partial charge is 0.227 e. The van der Waals surface area contributed by atoms with Crippen LogP contribution in [0.2, 0.25) is 0 Å². The van der Waals surface area contributed by atoms with Crippen LogP contribution in [0, 0.1) is 5.95 Å². The lowest BCUT2D eigenvalue weighted by Crippen LogP contribution is -1.96.